The first-order valence-electron chi connectivity index (χ1n) is 10.5. The number of anilines is 1. The average Bonchev–Trinajstić information content (AvgIpc) is 3.31. The lowest BCUT2D eigenvalue weighted by molar-refractivity contribution is -0.113. The van der Waals surface area contributed by atoms with Crippen molar-refractivity contribution in [1.29, 1.82) is 0 Å². The number of hydrogen-bond donors (Lipinski definition) is 1. The number of thioether (sulfide) groups is 1. The van der Waals surface area contributed by atoms with Crippen LogP contribution < -0.4 is 5.32 Å². The van der Waals surface area contributed by atoms with Gasteiger partial charge in [0.2, 0.25) is 5.91 Å². The number of aryl methyl sites for hydroxylation is 2. The van der Waals surface area contributed by atoms with Crippen molar-refractivity contribution in [2.75, 3.05) is 18.2 Å². The Bertz CT molecular complexity index is 1150. The molecule has 1 aliphatic rings. The Morgan fingerprint density at radius 3 is 2.72 bits per heavy atom. The van der Waals surface area contributed by atoms with Crippen molar-refractivity contribution >= 4 is 40.0 Å². The predicted molar refractivity (Wildman–Crippen MR) is 127 cm³/mol. The fraction of sp³-hybridized carbons (Fsp3) is 0.391. The highest BCUT2D eigenvalue weighted by Gasteiger charge is 2.29. The molecular weight excluding hydrogens is 444 g/mol. The molecule has 0 radical (unpaired) electrons. The van der Waals surface area contributed by atoms with Crippen LogP contribution in [0.1, 0.15) is 45.5 Å². The van der Waals surface area contributed by atoms with Gasteiger partial charge in [-0.25, -0.2) is 4.79 Å². The number of ether oxygens (including phenoxy) is 1. The lowest BCUT2D eigenvalue weighted by Crippen LogP contribution is -2.17. The molecule has 0 saturated heterocycles. The SMILES string of the molecule is COC(=O)c1c(NC(=O)CSc2nnc(C)n2-c2ccc(C)cc2)sc2c1CCC(C)C2. The molecule has 9 heteroatoms. The molecule has 4 rings (SSSR count). The molecule has 0 aliphatic heterocycles. The van der Waals surface area contributed by atoms with Crippen LogP contribution in [0.5, 0.6) is 0 Å². The Morgan fingerprint density at radius 2 is 2.00 bits per heavy atom. The monoisotopic (exact) mass is 470 g/mol. The molecule has 0 bridgehead atoms. The third-order valence-corrected chi connectivity index (χ3v) is 7.67. The summed E-state index contributed by atoms with van der Waals surface area (Å²) in [6, 6.07) is 8.08. The third-order valence-electron chi connectivity index (χ3n) is 5.57. The lowest BCUT2D eigenvalue weighted by atomic mass is 9.88. The predicted octanol–water partition coefficient (Wildman–Crippen LogP) is 4.59. The summed E-state index contributed by atoms with van der Waals surface area (Å²) in [5, 5.41) is 12.6. The number of carbonyl (C=O) groups is 2. The van der Waals surface area contributed by atoms with E-state index in [1.165, 1.54) is 40.6 Å². The second-order valence-corrected chi connectivity index (χ2v) is 10.1. The Balaban J connectivity index is 1.50. The summed E-state index contributed by atoms with van der Waals surface area (Å²) in [5.74, 6) is 0.897. The van der Waals surface area contributed by atoms with E-state index in [0.29, 0.717) is 21.6 Å². The fourth-order valence-electron chi connectivity index (χ4n) is 3.88. The van der Waals surface area contributed by atoms with Crippen molar-refractivity contribution in [3.05, 3.63) is 51.7 Å². The zero-order valence-electron chi connectivity index (χ0n) is 18.6. The van der Waals surface area contributed by atoms with Crippen LogP contribution in [0.2, 0.25) is 0 Å². The molecule has 1 aliphatic carbocycles. The minimum atomic E-state index is -0.394. The Labute approximate surface area is 195 Å². The molecule has 1 aromatic carbocycles. The number of thiophene rings is 1. The number of fused-ring (bicyclic) bond motifs is 1. The number of methoxy groups -OCH3 is 1. The van der Waals surface area contributed by atoms with Crippen molar-refractivity contribution in [2.45, 2.75) is 45.2 Å². The van der Waals surface area contributed by atoms with Crippen molar-refractivity contribution in [3.8, 4) is 5.69 Å². The van der Waals surface area contributed by atoms with Crippen LogP contribution in [-0.2, 0) is 22.4 Å². The first-order valence-corrected chi connectivity index (χ1v) is 12.3. The van der Waals surface area contributed by atoms with E-state index in [-0.39, 0.29) is 11.7 Å². The van der Waals surface area contributed by atoms with Crippen molar-refractivity contribution in [3.63, 3.8) is 0 Å². The Hall–Kier alpha value is -2.65. The number of benzene rings is 1. The van der Waals surface area contributed by atoms with Crippen molar-refractivity contribution in [2.24, 2.45) is 5.92 Å². The number of esters is 1. The number of amides is 1. The quantitative estimate of drug-likeness (QED) is 0.419. The van der Waals surface area contributed by atoms with Crippen LogP contribution >= 0.6 is 23.1 Å². The fourth-order valence-corrected chi connectivity index (χ4v) is 6.09. The second kappa shape index (κ2) is 9.46. The molecule has 3 aromatic rings. The molecule has 0 spiro atoms. The van der Waals surface area contributed by atoms with Gasteiger partial charge in [0, 0.05) is 10.6 Å². The summed E-state index contributed by atoms with van der Waals surface area (Å²) in [5.41, 5.74) is 3.66. The van der Waals surface area contributed by atoms with Gasteiger partial charge in [0.05, 0.1) is 18.4 Å². The summed E-state index contributed by atoms with van der Waals surface area (Å²) >= 11 is 2.80. The second-order valence-electron chi connectivity index (χ2n) is 8.09. The molecule has 168 valence electrons. The van der Waals surface area contributed by atoms with Crippen molar-refractivity contribution < 1.29 is 14.3 Å². The van der Waals surface area contributed by atoms with E-state index < -0.39 is 5.97 Å². The highest BCUT2D eigenvalue weighted by atomic mass is 32.2. The van der Waals surface area contributed by atoms with E-state index in [1.54, 1.807) is 0 Å². The molecule has 2 heterocycles. The van der Waals surface area contributed by atoms with E-state index in [0.717, 1.165) is 36.3 Å². The first-order chi connectivity index (χ1) is 15.4. The average molecular weight is 471 g/mol. The standard InChI is InChI=1S/C23H26N4O3S2/c1-13-5-8-16(9-6-13)27-15(3)25-26-23(27)31-12-19(28)24-21-20(22(29)30-4)17-10-7-14(2)11-18(17)32-21/h5-6,8-9,14H,7,10-12H2,1-4H3,(H,24,28). The zero-order valence-corrected chi connectivity index (χ0v) is 20.2. The normalized spacial score (nSPS) is 15.3. The summed E-state index contributed by atoms with van der Waals surface area (Å²) in [4.78, 5) is 26.4. The third kappa shape index (κ3) is 4.59. The topological polar surface area (TPSA) is 86.1 Å². The largest absolute Gasteiger partial charge is 0.465 e. The number of nitrogens with zero attached hydrogens (tertiary/aromatic N) is 3. The van der Waals surface area contributed by atoms with E-state index >= 15 is 0 Å². The summed E-state index contributed by atoms with van der Waals surface area (Å²) < 4.78 is 6.94. The molecule has 7 nitrogen and oxygen atoms in total. The highest BCUT2D eigenvalue weighted by Crippen LogP contribution is 2.40. The van der Waals surface area contributed by atoms with E-state index in [1.807, 2.05) is 42.7 Å². The van der Waals surface area contributed by atoms with E-state index in [4.69, 9.17) is 4.74 Å². The van der Waals surface area contributed by atoms with Gasteiger partial charge in [0.1, 0.15) is 10.8 Å². The van der Waals surface area contributed by atoms with Crippen LogP contribution in [0.25, 0.3) is 5.69 Å². The van der Waals surface area contributed by atoms with Gasteiger partial charge in [-0.3, -0.25) is 9.36 Å². The van der Waals surface area contributed by atoms with Gasteiger partial charge in [0.15, 0.2) is 5.16 Å². The Morgan fingerprint density at radius 1 is 1.25 bits per heavy atom. The molecule has 2 aromatic heterocycles. The first kappa shape index (κ1) is 22.5. The molecule has 1 N–H and O–H groups in total. The van der Waals surface area contributed by atoms with Crippen LogP contribution in [-0.4, -0.2) is 39.5 Å². The minimum Gasteiger partial charge on any atom is -0.465 e. The molecule has 32 heavy (non-hydrogen) atoms. The van der Waals surface area contributed by atoms with Crippen LogP contribution in [0.3, 0.4) is 0 Å². The maximum atomic E-state index is 12.8. The molecule has 0 saturated carbocycles. The van der Waals surface area contributed by atoms with Gasteiger partial charge >= 0.3 is 5.97 Å². The maximum Gasteiger partial charge on any atom is 0.341 e. The van der Waals surface area contributed by atoms with Crippen LogP contribution in [0, 0.1) is 19.8 Å². The molecule has 1 atom stereocenters. The molecule has 1 unspecified atom stereocenters. The highest BCUT2D eigenvalue weighted by molar-refractivity contribution is 7.99. The number of aromatic nitrogens is 3. The minimum absolute atomic E-state index is 0.156. The maximum absolute atomic E-state index is 12.8. The number of hydrogen-bond acceptors (Lipinski definition) is 7. The van der Waals surface area contributed by atoms with Crippen molar-refractivity contribution in [1.82, 2.24) is 14.8 Å². The van der Waals surface area contributed by atoms with Gasteiger partial charge < -0.3 is 10.1 Å². The molecule has 1 amide bonds. The van der Waals surface area contributed by atoms with Gasteiger partial charge in [-0.05, 0) is 56.7 Å². The number of nitrogens with one attached hydrogen (secondary N) is 1. The molecule has 0 fully saturated rings. The van der Waals surface area contributed by atoms with Gasteiger partial charge in [-0.2, -0.15) is 0 Å². The number of rotatable bonds is 6. The van der Waals surface area contributed by atoms with E-state index in [9.17, 15) is 9.59 Å². The van der Waals surface area contributed by atoms with Crippen LogP contribution in [0.4, 0.5) is 5.00 Å². The zero-order chi connectivity index (χ0) is 22.8. The van der Waals surface area contributed by atoms with Crippen LogP contribution in [0.15, 0.2) is 29.4 Å². The van der Waals surface area contributed by atoms with Gasteiger partial charge in [0.25, 0.3) is 0 Å². The van der Waals surface area contributed by atoms with E-state index in [2.05, 4.69) is 22.4 Å². The lowest BCUT2D eigenvalue weighted by Gasteiger charge is -2.18. The summed E-state index contributed by atoms with van der Waals surface area (Å²) in [7, 11) is 1.37. The summed E-state index contributed by atoms with van der Waals surface area (Å²) in [6.45, 7) is 6.13. The molecular formula is C23H26N4O3S2. The Kier molecular flexibility index (Phi) is 6.66. The van der Waals surface area contributed by atoms with Gasteiger partial charge in [-0.1, -0.05) is 36.4 Å². The number of carbonyl (C=O) groups excluding carboxylic acids is 2. The van der Waals surface area contributed by atoms with Gasteiger partial charge in [-0.15, -0.1) is 21.5 Å². The smallest absolute Gasteiger partial charge is 0.341 e. The summed E-state index contributed by atoms with van der Waals surface area (Å²) in [6.07, 6.45) is 2.79.